The smallest absolute Gasteiger partial charge is 0.245 e. The van der Waals surface area contributed by atoms with Gasteiger partial charge in [0.1, 0.15) is 4.90 Å². The molecule has 0 radical (unpaired) electrons. The second-order valence-electron chi connectivity index (χ2n) is 5.47. The van der Waals surface area contributed by atoms with E-state index in [4.69, 9.17) is 0 Å². The van der Waals surface area contributed by atoms with Crippen LogP contribution in [0.1, 0.15) is 12.6 Å². The number of rotatable bonds is 5. The van der Waals surface area contributed by atoms with Crippen molar-refractivity contribution < 1.29 is 13.2 Å². The van der Waals surface area contributed by atoms with Crippen molar-refractivity contribution in [2.24, 2.45) is 7.05 Å². The zero-order chi connectivity index (χ0) is 17.4. The Hall–Kier alpha value is -2.00. The number of aromatic nitrogens is 3. The molecule has 0 saturated carbocycles. The number of carbonyl (C=O) groups excluding carboxylic acids is 1. The molecule has 0 saturated heterocycles. The fraction of sp³-hybridized carbons (Fsp3) is 0.500. The van der Waals surface area contributed by atoms with E-state index in [2.05, 4.69) is 10.1 Å². The third-order valence-electron chi connectivity index (χ3n) is 3.64. The second kappa shape index (κ2) is 6.25. The maximum absolute atomic E-state index is 12.8. The summed E-state index contributed by atoms with van der Waals surface area (Å²) < 4.78 is 28.3. The summed E-state index contributed by atoms with van der Waals surface area (Å²) in [6, 6.07) is 1.56. The van der Waals surface area contributed by atoms with Crippen LogP contribution in [-0.2, 0) is 21.9 Å². The molecule has 2 heterocycles. The summed E-state index contributed by atoms with van der Waals surface area (Å²) in [7, 11) is 1.15. The number of hydrogen-bond acceptors (Lipinski definition) is 5. The van der Waals surface area contributed by atoms with E-state index in [1.165, 1.54) is 11.1 Å². The number of likely N-dealkylation sites (N-methyl/N-ethyl adjacent to an activating group) is 2. The molecule has 0 N–H and O–H groups in total. The molecular weight excluding hydrogens is 318 g/mol. The molecule has 23 heavy (non-hydrogen) atoms. The number of aryl methyl sites for hydroxylation is 2. The SMILES string of the molecule is CCN(CC(=O)N(C)C)S(=O)(=O)c1cnc2c(c1)c(C)nn2C. The van der Waals surface area contributed by atoms with Crippen molar-refractivity contribution in [3.8, 4) is 0 Å². The maximum atomic E-state index is 12.8. The lowest BCUT2D eigenvalue weighted by molar-refractivity contribution is -0.128. The third kappa shape index (κ3) is 3.20. The third-order valence-corrected chi connectivity index (χ3v) is 5.52. The van der Waals surface area contributed by atoms with Crippen LogP contribution in [0.5, 0.6) is 0 Å². The van der Waals surface area contributed by atoms with E-state index in [-0.39, 0.29) is 23.9 Å². The van der Waals surface area contributed by atoms with Gasteiger partial charge in [0.2, 0.25) is 15.9 Å². The quantitative estimate of drug-likeness (QED) is 0.785. The molecule has 0 aliphatic heterocycles. The highest BCUT2D eigenvalue weighted by Gasteiger charge is 2.27. The van der Waals surface area contributed by atoms with E-state index in [1.807, 2.05) is 0 Å². The molecule has 2 aromatic rings. The lowest BCUT2D eigenvalue weighted by Crippen LogP contribution is -2.40. The molecule has 0 aliphatic rings. The molecule has 2 aromatic heterocycles. The van der Waals surface area contributed by atoms with Gasteiger partial charge in [0.15, 0.2) is 5.65 Å². The minimum absolute atomic E-state index is 0.0644. The maximum Gasteiger partial charge on any atom is 0.245 e. The first-order valence-corrected chi connectivity index (χ1v) is 8.62. The van der Waals surface area contributed by atoms with Gasteiger partial charge in [-0.05, 0) is 13.0 Å². The van der Waals surface area contributed by atoms with Crippen molar-refractivity contribution in [3.05, 3.63) is 18.0 Å². The largest absolute Gasteiger partial charge is 0.348 e. The molecule has 2 rings (SSSR count). The predicted octanol–water partition coefficient (Wildman–Crippen LogP) is 0.376. The minimum atomic E-state index is -3.79. The van der Waals surface area contributed by atoms with Gasteiger partial charge in [-0.2, -0.15) is 9.40 Å². The van der Waals surface area contributed by atoms with Crippen LogP contribution < -0.4 is 0 Å². The summed E-state index contributed by atoms with van der Waals surface area (Å²) in [4.78, 5) is 17.5. The molecule has 0 aliphatic carbocycles. The van der Waals surface area contributed by atoms with Crippen molar-refractivity contribution in [1.82, 2.24) is 24.0 Å². The Bertz CT molecular complexity index is 841. The average molecular weight is 339 g/mol. The molecule has 9 heteroatoms. The molecule has 0 fully saturated rings. The summed E-state index contributed by atoms with van der Waals surface area (Å²) >= 11 is 0. The highest BCUT2D eigenvalue weighted by molar-refractivity contribution is 7.89. The Kier molecular flexibility index (Phi) is 4.71. The van der Waals surface area contributed by atoms with Gasteiger partial charge in [0.25, 0.3) is 0 Å². The topological polar surface area (TPSA) is 88.4 Å². The highest BCUT2D eigenvalue weighted by Crippen LogP contribution is 2.21. The number of sulfonamides is 1. The van der Waals surface area contributed by atoms with E-state index in [1.54, 1.807) is 45.7 Å². The van der Waals surface area contributed by atoms with E-state index >= 15 is 0 Å². The summed E-state index contributed by atoms with van der Waals surface area (Å²) in [6.45, 7) is 3.50. The second-order valence-corrected chi connectivity index (χ2v) is 7.41. The van der Waals surface area contributed by atoms with Crippen LogP contribution in [0.4, 0.5) is 0 Å². The molecule has 0 aromatic carbocycles. The van der Waals surface area contributed by atoms with Crippen LogP contribution in [0.25, 0.3) is 11.0 Å². The van der Waals surface area contributed by atoms with Gasteiger partial charge in [-0.1, -0.05) is 6.92 Å². The van der Waals surface area contributed by atoms with Crippen LogP contribution in [0.3, 0.4) is 0 Å². The summed E-state index contributed by atoms with van der Waals surface area (Å²) in [5.74, 6) is -0.276. The molecule has 0 unspecified atom stereocenters. The normalized spacial score (nSPS) is 12.1. The molecular formula is C14H21N5O3S. The van der Waals surface area contributed by atoms with Gasteiger partial charge in [-0.15, -0.1) is 0 Å². The van der Waals surface area contributed by atoms with Gasteiger partial charge >= 0.3 is 0 Å². The molecule has 0 spiro atoms. The molecule has 126 valence electrons. The zero-order valence-electron chi connectivity index (χ0n) is 13.9. The first-order chi connectivity index (χ1) is 10.7. The Balaban J connectivity index is 2.45. The van der Waals surface area contributed by atoms with Gasteiger partial charge in [-0.3, -0.25) is 9.48 Å². The van der Waals surface area contributed by atoms with E-state index in [0.29, 0.717) is 16.7 Å². The van der Waals surface area contributed by atoms with Crippen molar-refractivity contribution in [2.45, 2.75) is 18.7 Å². The first-order valence-electron chi connectivity index (χ1n) is 7.18. The van der Waals surface area contributed by atoms with Crippen molar-refractivity contribution in [1.29, 1.82) is 0 Å². The molecule has 0 atom stereocenters. The summed E-state index contributed by atoms with van der Waals surface area (Å²) in [5.41, 5.74) is 1.33. The van der Waals surface area contributed by atoms with Gasteiger partial charge in [-0.25, -0.2) is 13.4 Å². The standard InChI is InChI=1S/C14H21N5O3S/c1-6-19(9-13(20)17(3)4)23(21,22)11-7-12-10(2)16-18(5)14(12)15-8-11/h7-8H,6,9H2,1-5H3. The summed E-state index contributed by atoms with van der Waals surface area (Å²) in [6.07, 6.45) is 1.31. The lowest BCUT2D eigenvalue weighted by Gasteiger charge is -2.21. The van der Waals surface area contributed by atoms with Crippen LogP contribution in [0.15, 0.2) is 17.2 Å². The number of hydrogen-bond donors (Lipinski definition) is 0. The number of nitrogens with zero attached hydrogens (tertiary/aromatic N) is 5. The molecule has 0 bridgehead atoms. The van der Waals surface area contributed by atoms with Gasteiger partial charge in [0, 0.05) is 39.3 Å². The van der Waals surface area contributed by atoms with E-state index in [0.717, 1.165) is 4.31 Å². The molecule has 1 amide bonds. The number of pyridine rings is 1. The lowest BCUT2D eigenvalue weighted by atomic mass is 10.3. The van der Waals surface area contributed by atoms with Crippen LogP contribution in [-0.4, -0.2) is 65.5 Å². The number of fused-ring (bicyclic) bond motifs is 1. The average Bonchev–Trinajstić information content (AvgIpc) is 2.78. The predicted molar refractivity (Wildman–Crippen MR) is 86.4 cm³/mol. The van der Waals surface area contributed by atoms with Crippen molar-refractivity contribution in [2.75, 3.05) is 27.2 Å². The Morgan fingerprint density at radius 1 is 1.35 bits per heavy atom. The van der Waals surface area contributed by atoms with Crippen molar-refractivity contribution >= 4 is 27.0 Å². The monoisotopic (exact) mass is 339 g/mol. The molecule has 8 nitrogen and oxygen atoms in total. The van der Waals surface area contributed by atoms with Gasteiger partial charge < -0.3 is 4.90 Å². The Morgan fingerprint density at radius 3 is 2.57 bits per heavy atom. The van der Waals surface area contributed by atoms with Crippen LogP contribution >= 0.6 is 0 Å². The minimum Gasteiger partial charge on any atom is -0.348 e. The fourth-order valence-electron chi connectivity index (χ4n) is 2.24. The number of amides is 1. The zero-order valence-corrected chi connectivity index (χ0v) is 14.8. The Labute approximate surface area is 135 Å². The number of carbonyl (C=O) groups is 1. The van der Waals surface area contributed by atoms with E-state index < -0.39 is 10.0 Å². The van der Waals surface area contributed by atoms with E-state index in [9.17, 15) is 13.2 Å². The van der Waals surface area contributed by atoms with Crippen LogP contribution in [0.2, 0.25) is 0 Å². The Morgan fingerprint density at radius 2 is 2.00 bits per heavy atom. The highest BCUT2D eigenvalue weighted by atomic mass is 32.2. The van der Waals surface area contributed by atoms with Crippen LogP contribution in [0, 0.1) is 6.92 Å². The fourth-order valence-corrected chi connectivity index (χ4v) is 3.61. The summed E-state index contributed by atoms with van der Waals surface area (Å²) in [5, 5.41) is 4.92. The van der Waals surface area contributed by atoms with Gasteiger partial charge in [0.05, 0.1) is 12.2 Å². The first kappa shape index (κ1) is 17.4. The van der Waals surface area contributed by atoms with Crippen molar-refractivity contribution in [3.63, 3.8) is 0 Å².